The lowest BCUT2D eigenvalue weighted by atomic mass is 10.2. The van der Waals surface area contributed by atoms with Crippen LogP contribution in [0.4, 0.5) is 9.59 Å². The van der Waals surface area contributed by atoms with Gasteiger partial charge in [0, 0.05) is 11.6 Å². The quantitative estimate of drug-likeness (QED) is 0.764. The van der Waals surface area contributed by atoms with Crippen LogP contribution in [0.5, 0.6) is 0 Å². The van der Waals surface area contributed by atoms with Gasteiger partial charge in [0.25, 0.3) is 0 Å². The second-order valence-electron chi connectivity index (χ2n) is 2.35. The first-order valence-electron chi connectivity index (χ1n) is 3.87. The minimum atomic E-state index is -1.33. The lowest BCUT2D eigenvalue weighted by molar-refractivity contribution is 0.167. The Hall–Kier alpha value is -1.75. The maximum atomic E-state index is 10.2. The molecule has 0 spiro atoms. The lowest BCUT2D eigenvalue weighted by Crippen LogP contribution is -2.03. The largest absolute Gasteiger partial charge is 0.465 e. The summed E-state index contributed by atoms with van der Waals surface area (Å²) in [5.74, 6) is 0. The van der Waals surface area contributed by atoms with E-state index in [0.717, 1.165) is 5.56 Å². The molecule has 0 aromatic heterocycles. The molecule has 0 aliphatic carbocycles. The van der Waals surface area contributed by atoms with Crippen molar-refractivity contribution in [1.29, 1.82) is 0 Å². The summed E-state index contributed by atoms with van der Waals surface area (Å²) in [6.45, 7) is 0.239. The van der Waals surface area contributed by atoms with E-state index in [1.54, 1.807) is 0 Å². The molecule has 1 rings (SSSR count). The molecule has 0 aliphatic rings. The van der Waals surface area contributed by atoms with Gasteiger partial charge in [-0.3, -0.25) is 0 Å². The summed E-state index contributed by atoms with van der Waals surface area (Å²) in [7, 11) is 0. The highest BCUT2D eigenvalue weighted by molar-refractivity contribution is 6.61. The van der Waals surface area contributed by atoms with E-state index in [9.17, 15) is 4.79 Å². The van der Waals surface area contributed by atoms with Crippen molar-refractivity contribution in [2.24, 2.45) is 5.73 Å². The van der Waals surface area contributed by atoms with Crippen LogP contribution in [0.2, 0.25) is 0 Å². The summed E-state index contributed by atoms with van der Waals surface area (Å²) in [5.41, 5.74) is 4.19. The number of hydrogen-bond acceptors (Lipinski definition) is 3. The van der Waals surface area contributed by atoms with Gasteiger partial charge in [0.05, 0.1) is 0 Å². The smallest absolute Gasteiger partial charge is 0.404 e. The van der Waals surface area contributed by atoms with Gasteiger partial charge in [-0.05, 0) is 5.56 Å². The lowest BCUT2D eigenvalue weighted by Gasteiger charge is -1.98. The minimum absolute atomic E-state index is 0.239. The number of ether oxygens (including phenoxy) is 1. The Morgan fingerprint density at radius 1 is 1.33 bits per heavy atom. The number of carboxylic acid groups (broad SMARTS) is 1. The van der Waals surface area contributed by atoms with Crippen LogP contribution in [0.15, 0.2) is 30.3 Å². The van der Waals surface area contributed by atoms with Crippen molar-refractivity contribution in [1.82, 2.24) is 0 Å². The van der Waals surface area contributed by atoms with Gasteiger partial charge in [0.2, 0.25) is 0 Å². The molecule has 0 aliphatic heterocycles. The van der Waals surface area contributed by atoms with Crippen LogP contribution in [0.25, 0.3) is 0 Å². The Morgan fingerprint density at radius 2 is 1.80 bits per heavy atom. The van der Waals surface area contributed by atoms with Gasteiger partial charge in [-0.1, -0.05) is 30.3 Å². The Morgan fingerprint density at radius 3 is 2.20 bits per heavy atom. The molecule has 0 bridgehead atoms. The zero-order valence-corrected chi connectivity index (χ0v) is 8.48. The van der Waals surface area contributed by atoms with Crippen molar-refractivity contribution in [3.8, 4) is 0 Å². The van der Waals surface area contributed by atoms with Crippen LogP contribution in [0.1, 0.15) is 5.56 Å². The van der Waals surface area contributed by atoms with Crippen LogP contribution in [-0.2, 0) is 11.3 Å². The van der Waals surface area contributed by atoms with Crippen LogP contribution >= 0.6 is 11.6 Å². The topological polar surface area (TPSA) is 89.6 Å². The van der Waals surface area contributed by atoms with E-state index in [1.165, 1.54) is 0 Å². The first-order chi connectivity index (χ1) is 7.02. The van der Waals surface area contributed by atoms with Crippen molar-refractivity contribution >= 4 is 23.1 Å². The molecular formula is C9H10ClNO4. The molecule has 1 aromatic rings. The Kier molecular flexibility index (Phi) is 6.74. The average Bonchev–Trinajstić information content (AvgIpc) is 2.15. The Bertz CT molecular complexity index is 311. The van der Waals surface area contributed by atoms with Gasteiger partial charge >= 0.3 is 11.5 Å². The predicted molar refractivity (Wildman–Crippen MR) is 54.7 cm³/mol. The summed E-state index contributed by atoms with van der Waals surface area (Å²) >= 11 is 4.97. The normalized spacial score (nSPS) is 8.33. The third kappa shape index (κ3) is 10.2. The molecule has 0 radical (unpaired) electrons. The summed E-state index contributed by atoms with van der Waals surface area (Å²) < 4.78 is 4.55. The van der Waals surface area contributed by atoms with E-state index in [2.05, 4.69) is 10.5 Å². The monoisotopic (exact) mass is 231 g/mol. The molecule has 3 N–H and O–H groups in total. The number of primary amides is 1. The summed E-state index contributed by atoms with van der Waals surface area (Å²) in [6, 6.07) is 9.36. The molecule has 0 fully saturated rings. The maximum Gasteiger partial charge on any atom is 0.404 e. The molecule has 5 nitrogen and oxygen atoms in total. The van der Waals surface area contributed by atoms with Gasteiger partial charge in [-0.2, -0.15) is 0 Å². The molecule has 0 saturated heterocycles. The fourth-order valence-electron chi connectivity index (χ4n) is 0.714. The third-order valence-electron chi connectivity index (χ3n) is 1.20. The zero-order chi connectivity index (χ0) is 11.7. The second kappa shape index (κ2) is 7.64. The van der Waals surface area contributed by atoms with Gasteiger partial charge < -0.3 is 15.6 Å². The van der Waals surface area contributed by atoms with Crippen molar-refractivity contribution in [3.63, 3.8) is 0 Å². The van der Waals surface area contributed by atoms with Crippen molar-refractivity contribution in [3.05, 3.63) is 35.9 Å². The number of rotatable bonds is 2. The van der Waals surface area contributed by atoms with Gasteiger partial charge in [-0.15, -0.1) is 0 Å². The van der Waals surface area contributed by atoms with Crippen LogP contribution < -0.4 is 5.73 Å². The Balaban J connectivity index is 0.000000423. The average molecular weight is 232 g/mol. The fraction of sp³-hybridized carbons (Fsp3) is 0.111. The van der Waals surface area contributed by atoms with Gasteiger partial charge in [-0.25, -0.2) is 9.59 Å². The standard InChI is InChI=1S/C8H7ClO2.CH3NO2/c9-8(10)11-6-7-4-2-1-3-5-7;2-1(3)4/h1-5H,6H2;2H2,(H,3,4). The van der Waals surface area contributed by atoms with E-state index < -0.39 is 11.5 Å². The van der Waals surface area contributed by atoms with Crippen LogP contribution in [-0.4, -0.2) is 16.6 Å². The van der Waals surface area contributed by atoms with E-state index in [1.807, 2.05) is 30.3 Å². The van der Waals surface area contributed by atoms with E-state index in [-0.39, 0.29) is 6.61 Å². The summed E-state index contributed by atoms with van der Waals surface area (Å²) in [5, 5.41) is 7.19. The molecule has 15 heavy (non-hydrogen) atoms. The summed E-state index contributed by atoms with van der Waals surface area (Å²) in [6.07, 6.45) is -1.33. The SMILES string of the molecule is NC(=O)O.O=C(Cl)OCc1ccccc1. The molecule has 0 saturated carbocycles. The zero-order valence-electron chi connectivity index (χ0n) is 7.72. The Labute approximate surface area is 91.4 Å². The number of nitrogens with two attached hydrogens (primary N) is 1. The first-order valence-corrected chi connectivity index (χ1v) is 4.24. The van der Waals surface area contributed by atoms with Gasteiger partial charge in [0.1, 0.15) is 6.61 Å². The highest BCUT2D eigenvalue weighted by Gasteiger charge is 1.95. The molecule has 1 amide bonds. The fourth-order valence-corrected chi connectivity index (χ4v) is 0.769. The highest BCUT2D eigenvalue weighted by Crippen LogP contribution is 2.01. The molecule has 1 aromatic carbocycles. The minimum Gasteiger partial charge on any atom is -0.465 e. The molecule has 6 heteroatoms. The number of halogens is 1. The molecule has 82 valence electrons. The van der Waals surface area contributed by atoms with Crippen LogP contribution in [0, 0.1) is 0 Å². The van der Waals surface area contributed by atoms with Crippen molar-refractivity contribution < 1.29 is 19.4 Å². The molecule has 0 heterocycles. The number of carbonyl (C=O) groups excluding carboxylic acids is 1. The maximum absolute atomic E-state index is 10.2. The summed E-state index contributed by atoms with van der Waals surface area (Å²) in [4.78, 5) is 18.9. The van der Waals surface area contributed by atoms with E-state index >= 15 is 0 Å². The molecule has 0 atom stereocenters. The highest BCUT2D eigenvalue weighted by atomic mass is 35.5. The number of carbonyl (C=O) groups is 2. The van der Waals surface area contributed by atoms with Gasteiger partial charge in [0.15, 0.2) is 0 Å². The second-order valence-corrected chi connectivity index (χ2v) is 2.66. The third-order valence-corrected chi connectivity index (χ3v) is 1.30. The van der Waals surface area contributed by atoms with E-state index in [4.69, 9.17) is 21.5 Å². The first kappa shape index (κ1) is 13.2. The predicted octanol–water partition coefficient (Wildman–Crippen LogP) is 2.19. The molecule has 0 unspecified atom stereocenters. The number of benzene rings is 1. The van der Waals surface area contributed by atoms with Crippen molar-refractivity contribution in [2.75, 3.05) is 0 Å². The molecular weight excluding hydrogens is 222 g/mol. The number of hydrogen-bond donors (Lipinski definition) is 2. The van der Waals surface area contributed by atoms with Crippen molar-refractivity contribution in [2.45, 2.75) is 6.61 Å². The van der Waals surface area contributed by atoms with E-state index in [0.29, 0.717) is 0 Å². The number of amides is 1. The van der Waals surface area contributed by atoms with Crippen LogP contribution in [0.3, 0.4) is 0 Å².